The van der Waals surface area contributed by atoms with Gasteiger partial charge in [-0.1, -0.05) is 12.1 Å². The smallest absolute Gasteiger partial charge is 0.230 e. The van der Waals surface area contributed by atoms with Crippen molar-refractivity contribution in [3.05, 3.63) is 47.8 Å². The van der Waals surface area contributed by atoms with Gasteiger partial charge >= 0.3 is 0 Å². The second-order valence-corrected chi connectivity index (χ2v) is 8.84. The van der Waals surface area contributed by atoms with Crippen LogP contribution < -0.4 is 4.74 Å². The molecule has 0 aliphatic carbocycles. The second-order valence-electron chi connectivity index (χ2n) is 6.61. The molecule has 1 amide bonds. The number of amides is 1. The highest BCUT2D eigenvalue weighted by Crippen LogP contribution is 2.31. The van der Waals surface area contributed by atoms with Crippen molar-refractivity contribution in [3.8, 4) is 5.75 Å². The van der Waals surface area contributed by atoms with Crippen molar-refractivity contribution in [2.75, 3.05) is 25.2 Å². The van der Waals surface area contributed by atoms with Crippen LogP contribution in [0.2, 0.25) is 0 Å². The molecule has 26 heavy (non-hydrogen) atoms. The number of sulfone groups is 1. The highest BCUT2D eigenvalue weighted by atomic mass is 32.2. The summed E-state index contributed by atoms with van der Waals surface area (Å²) in [6, 6.07) is 6.87. The van der Waals surface area contributed by atoms with Gasteiger partial charge in [0.15, 0.2) is 9.84 Å². The van der Waals surface area contributed by atoms with Crippen LogP contribution in [-0.2, 0) is 21.7 Å². The van der Waals surface area contributed by atoms with Crippen molar-refractivity contribution in [1.82, 2.24) is 14.7 Å². The average Bonchev–Trinajstić information content (AvgIpc) is 3.06. The second kappa shape index (κ2) is 7.11. The molecule has 1 aliphatic heterocycles. The van der Waals surface area contributed by atoms with E-state index in [1.165, 1.54) is 0 Å². The third kappa shape index (κ3) is 3.75. The molecule has 0 unspecified atom stereocenters. The van der Waals surface area contributed by atoms with E-state index < -0.39 is 21.8 Å². The topological polar surface area (TPSA) is 81.5 Å². The van der Waals surface area contributed by atoms with Gasteiger partial charge in [-0.2, -0.15) is 5.10 Å². The van der Waals surface area contributed by atoms with Crippen LogP contribution in [0.3, 0.4) is 0 Å². The first-order chi connectivity index (χ1) is 12.3. The maximum Gasteiger partial charge on any atom is 0.230 e. The Morgan fingerprint density at radius 3 is 2.81 bits per heavy atom. The maximum atomic E-state index is 13.2. The average molecular weight is 377 g/mol. The van der Waals surface area contributed by atoms with Gasteiger partial charge < -0.3 is 9.64 Å². The van der Waals surface area contributed by atoms with E-state index >= 15 is 0 Å². The van der Waals surface area contributed by atoms with Crippen molar-refractivity contribution in [1.29, 1.82) is 0 Å². The molecule has 2 heterocycles. The number of ether oxygens (including phenoxy) is 1. The minimum Gasteiger partial charge on any atom is -0.497 e. The zero-order valence-corrected chi connectivity index (χ0v) is 15.9. The lowest BCUT2D eigenvalue weighted by molar-refractivity contribution is -0.134. The molecule has 140 valence electrons. The van der Waals surface area contributed by atoms with E-state index in [1.54, 1.807) is 36.1 Å². The van der Waals surface area contributed by atoms with Gasteiger partial charge in [0, 0.05) is 25.4 Å². The molecule has 1 aromatic heterocycles. The van der Waals surface area contributed by atoms with Gasteiger partial charge in [0.2, 0.25) is 5.91 Å². The van der Waals surface area contributed by atoms with Gasteiger partial charge in [-0.25, -0.2) is 8.42 Å². The number of carbonyl (C=O) groups excluding carboxylic acids is 1. The monoisotopic (exact) mass is 377 g/mol. The number of methoxy groups -OCH3 is 1. The van der Waals surface area contributed by atoms with Crippen LogP contribution >= 0.6 is 0 Å². The first-order valence-electron chi connectivity index (χ1n) is 8.44. The van der Waals surface area contributed by atoms with E-state index in [0.29, 0.717) is 5.75 Å². The van der Waals surface area contributed by atoms with E-state index in [0.717, 1.165) is 11.1 Å². The van der Waals surface area contributed by atoms with Crippen molar-refractivity contribution in [2.45, 2.75) is 18.9 Å². The van der Waals surface area contributed by atoms with Crippen LogP contribution in [0.4, 0.5) is 0 Å². The van der Waals surface area contributed by atoms with Crippen LogP contribution in [0, 0.1) is 0 Å². The van der Waals surface area contributed by atoms with Gasteiger partial charge in [-0.05, 0) is 24.6 Å². The first-order valence-corrected chi connectivity index (χ1v) is 10.3. The molecule has 0 bridgehead atoms. The van der Waals surface area contributed by atoms with Gasteiger partial charge in [-0.3, -0.25) is 9.48 Å². The van der Waals surface area contributed by atoms with Crippen molar-refractivity contribution >= 4 is 15.7 Å². The molecule has 0 radical (unpaired) electrons. The number of nitrogens with zero attached hydrogens (tertiary/aromatic N) is 3. The standard InChI is InChI=1S/C18H23N3O4S/c1-13(14-5-4-6-16(9-14)25-3)18(22)21-7-8-26(23,24)12-17(21)15-10-19-20(2)11-15/h4-6,9-11,13,17H,7-8,12H2,1-3H3/t13-,17+/m0/s1. The summed E-state index contributed by atoms with van der Waals surface area (Å²) in [5.74, 6) is 0.106. The minimum atomic E-state index is -3.19. The summed E-state index contributed by atoms with van der Waals surface area (Å²) >= 11 is 0. The molecule has 1 aliphatic rings. The third-order valence-corrected chi connectivity index (χ3v) is 6.42. The molecule has 7 nitrogen and oxygen atoms in total. The fourth-order valence-electron chi connectivity index (χ4n) is 3.26. The van der Waals surface area contributed by atoms with E-state index in [9.17, 15) is 13.2 Å². The molecule has 0 saturated carbocycles. The lowest BCUT2D eigenvalue weighted by Crippen LogP contribution is -2.47. The largest absolute Gasteiger partial charge is 0.497 e. The number of benzene rings is 1. The molecule has 8 heteroatoms. The summed E-state index contributed by atoms with van der Waals surface area (Å²) in [6.07, 6.45) is 3.39. The van der Waals surface area contributed by atoms with Crippen molar-refractivity contribution in [2.24, 2.45) is 7.05 Å². The highest BCUT2D eigenvalue weighted by Gasteiger charge is 2.37. The molecule has 1 aromatic carbocycles. The van der Waals surface area contributed by atoms with Gasteiger partial charge in [0.05, 0.1) is 36.8 Å². The van der Waals surface area contributed by atoms with Gasteiger partial charge in [-0.15, -0.1) is 0 Å². The molecule has 2 atom stereocenters. The van der Waals surface area contributed by atoms with E-state index in [1.807, 2.05) is 31.2 Å². The quantitative estimate of drug-likeness (QED) is 0.807. The van der Waals surface area contributed by atoms with Crippen LogP contribution in [0.5, 0.6) is 5.75 Å². The zero-order chi connectivity index (χ0) is 18.9. The Labute approximate surface area is 153 Å². The first kappa shape index (κ1) is 18.4. The number of aromatic nitrogens is 2. The van der Waals surface area contributed by atoms with Gasteiger partial charge in [0.25, 0.3) is 0 Å². The summed E-state index contributed by atoms with van der Waals surface area (Å²) in [6.45, 7) is 2.02. The van der Waals surface area contributed by atoms with Crippen molar-refractivity contribution < 1.29 is 17.9 Å². The van der Waals surface area contributed by atoms with E-state index in [-0.39, 0.29) is 24.0 Å². The lowest BCUT2D eigenvalue weighted by atomic mass is 9.98. The fraction of sp³-hybridized carbons (Fsp3) is 0.444. The molecule has 0 N–H and O–H groups in total. The molecule has 1 fully saturated rings. The van der Waals surface area contributed by atoms with Crippen molar-refractivity contribution in [3.63, 3.8) is 0 Å². The molecular weight excluding hydrogens is 354 g/mol. The Kier molecular flexibility index (Phi) is 5.04. The van der Waals surface area contributed by atoms with E-state index in [2.05, 4.69) is 5.10 Å². The SMILES string of the molecule is COc1cccc([C@H](C)C(=O)N2CCS(=O)(=O)C[C@@H]2c2cnn(C)c2)c1. The van der Waals surface area contributed by atoms with E-state index in [4.69, 9.17) is 4.74 Å². The summed E-state index contributed by atoms with van der Waals surface area (Å²) in [7, 11) is 0.163. The number of hydrogen-bond acceptors (Lipinski definition) is 5. The third-order valence-electron chi connectivity index (χ3n) is 4.79. The van der Waals surface area contributed by atoms with Crippen LogP contribution in [-0.4, -0.2) is 54.2 Å². The number of rotatable bonds is 4. The molecule has 1 saturated heterocycles. The molecule has 0 spiro atoms. The predicted molar refractivity (Wildman–Crippen MR) is 97.7 cm³/mol. The lowest BCUT2D eigenvalue weighted by Gasteiger charge is -2.36. The minimum absolute atomic E-state index is 0.0136. The highest BCUT2D eigenvalue weighted by molar-refractivity contribution is 7.91. The van der Waals surface area contributed by atoms with Crippen LogP contribution in [0.25, 0.3) is 0 Å². The maximum absolute atomic E-state index is 13.2. The predicted octanol–water partition coefficient (Wildman–Crippen LogP) is 1.53. The molecule has 2 aromatic rings. The normalized spacial score (nSPS) is 20.6. The number of hydrogen-bond donors (Lipinski definition) is 0. The summed E-state index contributed by atoms with van der Waals surface area (Å²) < 4.78 is 31.2. The van der Waals surface area contributed by atoms with Crippen LogP contribution in [0.15, 0.2) is 36.7 Å². The number of carbonyl (C=O) groups is 1. The molecular formula is C18H23N3O4S. The Hall–Kier alpha value is -2.35. The Bertz CT molecular complexity index is 907. The number of aryl methyl sites for hydroxylation is 1. The fourth-order valence-corrected chi connectivity index (χ4v) is 4.76. The van der Waals surface area contributed by atoms with Crippen LogP contribution in [0.1, 0.15) is 30.0 Å². The van der Waals surface area contributed by atoms with Gasteiger partial charge in [0.1, 0.15) is 5.75 Å². The summed E-state index contributed by atoms with van der Waals surface area (Å²) in [4.78, 5) is 14.8. The zero-order valence-electron chi connectivity index (χ0n) is 15.1. The Morgan fingerprint density at radius 2 is 2.15 bits per heavy atom. The molecule has 3 rings (SSSR count). The summed E-state index contributed by atoms with van der Waals surface area (Å²) in [5, 5.41) is 4.13. The Morgan fingerprint density at radius 1 is 1.38 bits per heavy atom. The summed E-state index contributed by atoms with van der Waals surface area (Å²) in [5.41, 5.74) is 1.58. The Balaban J connectivity index is 1.90.